The largest absolute Gasteiger partial charge is 0.298 e. The lowest BCUT2D eigenvalue weighted by atomic mass is 9.76. The van der Waals surface area contributed by atoms with E-state index in [1.807, 2.05) is 13.8 Å². The van der Waals surface area contributed by atoms with Gasteiger partial charge in [-0.25, -0.2) is 9.38 Å². The van der Waals surface area contributed by atoms with Crippen LogP contribution in [0.1, 0.15) is 37.3 Å². The molecule has 7 heteroatoms. The molecule has 1 aliphatic carbocycles. The maximum atomic E-state index is 13.7. The average Bonchev–Trinajstić information content (AvgIpc) is 2.94. The Balaban J connectivity index is 2.00. The van der Waals surface area contributed by atoms with Crippen molar-refractivity contribution in [2.75, 3.05) is 0 Å². The summed E-state index contributed by atoms with van der Waals surface area (Å²) in [5.74, 6) is -0.700. The molecule has 5 nitrogen and oxygen atoms in total. The molecule has 1 saturated carbocycles. The Morgan fingerprint density at radius 2 is 2.04 bits per heavy atom. The van der Waals surface area contributed by atoms with Crippen LogP contribution in [0.15, 0.2) is 32.5 Å². The van der Waals surface area contributed by atoms with Gasteiger partial charge >= 0.3 is 0 Å². The van der Waals surface area contributed by atoms with Crippen LogP contribution in [-0.2, 0) is 11.8 Å². The van der Waals surface area contributed by atoms with Crippen LogP contribution < -0.4 is 5.56 Å². The predicted molar refractivity (Wildman–Crippen MR) is 96.0 cm³/mol. The van der Waals surface area contributed by atoms with Crippen molar-refractivity contribution in [3.8, 4) is 0 Å². The monoisotopic (exact) mass is 405 g/mol. The first-order valence-corrected chi connectivity index (χ1v) is 8.85. The van der Waals surface area contributed by atoms with E-state index in [1.165, 1.54) is 6.07 Å². The summed E-state index contributed by atoms with van der Waals surface area (Å²) in [6.07, 6.45) is 0.564. The van der Waals surface area contributed by atoms with E-state index in [2.05, 4.69) is 26.0 Å². The van der Waals surface area contributed by atoms with Crippen LogP contribution in [0.5, 0.6) is 0 Å². The molecule has 1 aromatic carbocycles. The molecule has 1 aromatic heterocycles. The van der Waals surface area contributed by atoms with Gasteiger partial charge in [0.05, 0.1) is 16.0 Å². The maximum Gasteiger partial charge on any atom is 0.270 e. The van der Waals surface area contributed by atoms with E-state index in [-0.39, 0.29) is 17.2 Å². The summed E-state index contributed by atoms with van der Waals surface area (Å²) in [5, 5.41) is 2.73. The van der Waals surface area contributed by atoms with Gasteiger partial charge in [-0.2, -0.15) is 0 Å². The predicted octanol–water partition coefficient (Wildman–Crippen LogP) is 3.45. The van der Waals surface area contributed by atoms with Crippen molar-refractivity contribution in [1.82, 2.24) is 9.78 Å². The van der Waals surface area contributed by atoms with Gasteiger partial charge in [0.15, 0.2) is 5.82 Å². The number of nitrogens with one attached hydrogen (secondary N) is 1. The number of benzene rings is 1. The van der Waals surface area contributed by atoms with Gasteiger partial charge in [-0.15, -0.1) is 0 Å². The Bertz CT molecular complexity index is 1000. The first-order chi connectivity index (χ1) is 11.7. The SMILES string of the molecule is Cn1[nH]c(=O)c2c1N=C1CC(C)(C)C(=O)C1C2c1ccc(F)c(Br)c1. The molecule has 4 rings (SSSR count). The number of hydrogen-bond donors (Lipinski definition) is 1. The molecule has 2 atom stereocenters. The summed E-state index contributed by atoms with van der Waals surface area (Å²) in [5.41, 5.74) is 1.22. The molecule has 0 bridgehead atoms. The molecule has 0 amide bonds. The van der Waals surface area contributed by atoms with Gasteiger partial charge in [-0.05, 0) is 40.0 Å². The fourth-order valence-corrected chi connectivity index (χ4v) is 4.40. The lowest BCUT2D eigenvalue weighted by molar-refractivity contribution is -0.127. The first-order valence-electron chi connectivity index (χ1n) is 8.06. The zero-order valence-corrected chi connectivity index (χ0v) is 15.6. The van der Waals surface area contributed by atoms with Crippen LogP contribution in [0.25, 0.3) is 0 Å². The number of Topliss-reactive ketones (excluding diaryl/α,β-unsaturated/α-hetero) is 1. The van der Waals surface area contributed by atoms with E-state index in [4.69, 9.17) is 0 Å². The van der Waals surface area contributed by atoms with Crippen LogP contribution in [0.2, 0.25) is 0 Å². The van der Waals surface area contributed by atoms with Crippen molar-refractivity contribution in [1.29, 1.82) is 0 Å². The number of carbonyl (C=O) groups is 1. The molecular formula is C18H17BrFN3O2. The van der Waals surface area contributed by atoms with Crippen molar-refractivity contribution in [3.63, 3.8) is 0 Å². The summed E-state index contributed by atoms with van der Waals surface area (Å²) in [6.45, 7) is 3.81. The van der Waals surface area contributed by atoms with E-state index in [9.17, 15) is 14.0 Å². The number of aliphatic imine (C=N–C) groups is 1. The molecule has 0 spiro atoms. The number of H-pyrrole nitrogens is 1. The van der Waals surface area contributed by atoms with Crippen LogP contribution in [0, 0.1) is 17.2 Å². The molecule has 2 aromatic rings. The van der Waals surface area contributed by atoms with Crippen LogP contribution in [0.3, 0.4) is 0 Å². The molecule has 130 valence electrons. The molecule has 1 aliphatic heterocycles. The summed E-state index contributed by atoms with van der Waals surface area (Å²) in [6, 6.07) is 4.65. The number of ketones is 1. The van der Waals surface area contributed by atoms with Gasteiger partial charge in [0, 0.05) is 24.1 Å². The number of aryl methyl sites for hydroxylation is 1. The van der Waals surface area contributed by atoms with Crippen LogP contribution >= 0.6 is 15.9 Å². The Morgan fingerprint density at radius 3 is 2.72 bits per heavy atom. The third kappa shape index (κ3) is 2.28. The van der Waals surface area contributed by atoms with Gasteiger partial charge in [-0.1, -0.05) is 19.9 Å². The summed E-state index contributed by atoms with van der Waals surface area (Å²) in [7, 11) is 1.73. The maximum absolute atomic E-state index is 13.7. The highest BCUT2D eigenvalue weighted by Crippen LogP contribution is 2.49. The fourth-order valence-electron chi connectivity index (χ4n) is 4.01. The quantitative estimate of drug-likeness (QED) is 0.789. The van der Waals surface area contributed by atoms with E-state index in [0.29, 0.717) is 22.3 Å². The van der Waals surface area contributed by atoms with Crippen molar-refractivity contribution in [2.45, 2.75) is 26.2 Å². The van der Waals surface area contributed by atoms with Gasteiger partial charge in [0.25, 0.3) is 5.56 Å². The standard InChI is InChI=1S/C18H17BrFN3O2/c1-18(2)7-11-13(15(18)24)12(8-4-5-10(20)9(19)6-8)14-16(21-11)23(3)22-17(14)25/h4-6,12-13H,7H2,1-3H3,(H,22,25). The zero-order valence-electron chi connectivity index (χ0n) is 14.1. The first kappa shape index (κ1) is 16.4. The van der Waals surface area contributed by atoms with Gasteiger partial charge < -0.3 is 0 Å². The number of aromatic amines is 1. The third-order valence-corrected chi connectivity index (χ3v) is 5.81. The number of hydrogen-bond acceptors (Lipinski definition) is 3. The molecule has 25 heavy (non-hydrogen) atoms. The van der Waals surface area contributed by atoms with Gasteiger partial charge in [-0.3, -0.25) is 19.4 Å². The molecule has 2 unspecified atom stereocenters. The molecule has 0 radical (unpaired) electrons. The normalized spacial score (nSPS) is 24.0. The number of carbonyl (C=O) groups excluding carboxylic acids is 1. The second-order valence-corrected chi connectivity index (χ2v) is 8.25. The second kappa shape index (κ2) is 5.24. The number of rotatable bonds is 1. The van der Waals surface area contributed by atoms with Crippen molar-refractivity contribution < 1.29 is 9.18 Å². The average molecular weight is 406 g/mol. The van der Waals surface area contributed by atoms with Crippen molar-refractivity contribution >= 4 is 33.2 Å². The lowest BCUT2D eigenvalue weighted by Gasteiger charge is -2.27. The lowest BCUT2D eigenvalue weighted by Crippen LogP contribution is -2.32. The highest BCUT2D eigenvalue weighted by molar-refractivity contribution is 9.10. The Hall–Kier alpha value is -2.02. The minimum absolute atomic E-state index is 0.0746. The molecule has 1 N–H and O–H groups in total. The van der Waals surface area contributed by atoms with E-state index in [0.717, 1.165) is 11.3 Å². The van der Waals surface area contributed by atoms with Crippen LogP contribution in [0.4, 0.5) is 10.2 Å². The smallest absolute Gasteiger partial charge is 0.270 e. The number of aromatic nitrogens is 2. The molecule has 0 saturated heterocycles. The second-order valence-electron chi connectivity index (χ2n) is 7.39. The summed E-state index contributed by atoms with van der Waals surface area (Å²) in [4.78, 5) is 30.2. The fraction of sp³-hybridized carbons (Fsp3) is 0.389. The highest BCUT2D eigenvalue weighted by atomic mass is 79.9. The van der Waals surface area contributed by atoms with Crippen LogP contribution in [-0.4, -0.2) is 21.3 Å². The number of nitrogens with zero attached hydrogens (tertiary/aromatic N) is 2. The molecule has 2 aliphatic rings. The van der Waals surface area contributed by atoms with Crippen molar-refractivity contribution in [2.24, 2.45) is 23.4 Å². The Kier molecular flexibility index (Phi) is 3.45. The van der Waals surface area contributed by atoms with E-state index < -0.39 is 17.3 Å². The Morgan fingerprint density at radius 1 is 1.32 bits per heavy atom. The molecule has 2 heterocycles. The Labute approximate surface area is 152 Å². The van der Waals surface area contributed by atoms with E-state index >= 15 is 0 Å². The molecule has 1 fully saturated rings. The summed E-state index contributed by atoms with van der Waals surface area (Å²) < 4.78 is 15.6. The van der Waals surface area contributed by atoms with Gasteiger partial charge in [0.1, 0.15) is 11.6 Å². The zero-order chi connectivity index (χ0) is 18.1. The van der Waals surface area contributed by atoms with Crippen molar-refractivity contribution in [3.05, 3.63) is 50.0 Å². The minimum Gasteiger partial charge on any atom is -0.298 e. The number of halogens is 2. The highest BCUT2D eigenvalue weighted by Gasteiger charge is 2.52. The molecular weight excluding hydrogens is 389 g/mol. The minimum atomic E-state index is -0.520. The third-order valence-electron chi connectivity index (χ3n) is 5.20. The summed E-state index contributed by atoms with van der Waals surface area (Å²) >= 11 is 3.21. The number of fused-ring (bicyclic) bond motifs is 2. The topological polar surface area (TPSA) is 67.2 Å². The van der Waals surface area contributed by atoms with Gasteiger partial charge in [0.2, 0.25) is 0 Å². The van der Waals surface area contributed by atoms with E-state index in [1.54, 1.807) is 23.9 Å².